The minimum absolute atomic E-state index is 0.307. The minimum Gasteiger partial charge on any atom is -0.298 e. The van der Waals surface area contributed by atoms with E-state index in [1.54, 1.807) is 0 Å². The number of rotatable bonds is 1. The van der Waals surface area contributed by atoms with Crippen LogP contribution in [0, 0.1) is 5.41 Å². The molecule has 0 bridgehead atoms. The maximum atomic E-state index is 2.70. The zero-order valence-corrected chi connectivity index (χ0v) is 12.1. The first kappa shape index (κ1) is 12.4. The number of hydrogen-bond donors (Lipinski definition) is 0. The molecule has 0 aromatic rings. The van der Waals surface area contributed by atoms with Crippen LogP contribution in [0.15, 0.2) is 0 Å². The first-order valence-corrected chi connectivity index (χ1v) is 6.62. The minimum atomic E-state index is 0.307. The Kier molecular flexibility index (Phi) is 2.50. The molecule has 0 spiro atoms. The number of likely N-dealkylation sites (tertiary alicyclic amines) is 2. The fourth-order valence-corrected chi connectivity index (χ4v) is 3.67. The van der Waals surface area contributed by atoms with Crippen LogP contribution in [0.25, 0.3) is 0 Å². The van der Waals surface area contributed by atoms with Crippen LogP contribution in [-0.4, -0.2) is 46.6 Å². The zero-order valence-electron chi connectivity index (χ0n) is 12.1. The predicted octanol–water partition coefficient (Wildman–Crippen LogP) is 2.59. The van der Waals surface area contributed by atoms with Crippen molar-refractivity contribution in [2.24, 2.45) is 5.41 Å². The molecule has 94 valence electrons. The third kappa shape index (κ3) is 1.46. The summed E-state index contributed by atoms with van der Waals surface area (Å²) in [5.74, 6) is 0. The highest BCUT2D eigenvalue weighted by Crippen LogP contribution is 2.55. The van der Waals surface area contributed by atoms with E-state index in [9.17, 15) is 0 Å². The fourth-order valence-electron chi connectivity index (χ4n) is 3.67. The Morgan fingerprint density at radius 1 is 1.00 bits per heavy atom. The van der Waals surface area contributed by atoms with Crippen LogP contribution in [0.1, 0.15) is 48.5 Å². The maximum Gasteiger partial charge on any atom is 0.0391 e. The molecule has 0 radical (unpaired) electrons. The van der Waals surface area contributed by atoms with Gasteiger partial charge in [-0.1, -0.05) is 6.92 Å². The molecular formula is C14H28N2. The SMILES string of the molecule is CC(C)N1C[C@]2(C)CN(C(C)(C)C)[C@]2(C)C1. The summed E-state index contributed by atoms with van der Waals surface area (Å²) in [5, 5.41) is 0. The van der Waals surface area contributed by atoms with Crippen LogP contribution in [0.5, 0.6) is 0 Å². The van der Waals surface area contributed by atoms with Crippen molar-refractivity contribution in [2.75, 3.05) is 19.6 Å². The Morgan fingerprint density at radius 3 is 2.00 bits per heavy atom. The Bertz CT molecular complexity index is 292. The van der Waals surface area contributed by atoms with E-state index in [4.69, 9.17) is 0 Å². The van der Waals surface area contributed by atoms with Crippen molar-refractivity contribution < 1.29 is 0 Å². The van der Waals surface area contributed by atoms with Gasteiger partial charge >= 0.3 is 0 Å². The molecule has 2 saturated heterocycles. The van der Waals surface area contributed by atoms with Crippen LogP contribution in [0.2, 0.25) is 0 Å². The smallest absolute Gasteiger partial charge is 0.0391 e. The average molecular weight is 224 g/mol. The van der Waals surface area contributed by atoms with Crippen molar-refractivity contribution in [2.45, 2.75) is 65.6 Å². The molecule has 2 heteroatoms. The monoisotopic (exact) mass is 224 g/mol. The molecule has 2 nitrogen and oxygen atoms in total. The molecule has 0 aromatic heterocycles. The highest BCUT2D eigenvalue weighted by molar-refractivity contribution is 5.20. The molecule has 2 aliphatic heterocycles. The first-order chi connectivity index (χ1) is 7.10. The standard InChI is InChI=1S/C14H28N2/c1-11(2)15-8-13(6)9-16(12(3,4)5)14(13,7)10-15/h11H,8-10H2,1-7H3/t13-,14-/m1/s1. The molecular weight excluding hydrogens is 196 g/mol. The van der Waals surface area contributed by atoms with Crippen LogP contribution < -0.4 is 0 Å². The van der Waals surface area contributed by atoms with E-state index in [-0.39, 0.29) is 0 Å². The van der Waals surface area contributed by atoms with Gasteiger partial charge in [0.2, 0.25) is 0 Å². The van der Waals surface area contributed by atoms with Gasteiger partial charge in [-0.15, -0.1) is 0 Å². The van der Waals surface area contributed by atoms with E-state index in [1.807, 2.05) is 0 Å². The van der Waals surface area contributed by atoms with Crippen molar-refractivity contribution in [1.82, 2.24) is 9.80 Å². The van der Waals surface area contributed by atoms with Gasteiger partial charge in [-0.3, -0.25) is 9.80 Å². The van der Waals surface area contributed by atoms with Gasteiger partial charge in [-0.25, -0.2) is 0 Å². The van der Waals surface area contributed by atoms with Gasteiger partial charge in [0.25, 0.3) is 0 Å². The van der Waals surface area contributed by atoms with E-state index in [0.717, 1.165) is 0 Å². The molecule has 2 heterocycles. The van der Waals surface area contributed by atoms with Gasteiger partial charge in [-0.2, -0.15) is 0 Å². The summed E-state index contributed by atoms with van der Waals surface area (Å²) in [5.41, 5.74) is 1.20. The summed E-state index contributed by atoms with van der Waals surface area (Å²) in [7, 11) is 0. The third-order valence-corrected chi connectivity index (χ3v) is 5.01. The number of fused-ring (bicyclic) bond motifs is 1. The Morgan fingerprint density at radius 2 is 1.56 bits per heavy atom. The lowest BCUT2D eigenvalue weighted by atomic mass is 9.63. The molecule has 2 rings (SSSR count). The quantitative estimate of drug-likeness (QED) is 0.675. The number of hydrogen-bond acceptors (Lipinski definition) is 2. The number of nitrogens with zero attached hydrogens (tertiary/aromatic N) is 2. The fraction of sp³-hybridized carbons (Fsp3) is 1.00. The van der Waals surface area contributed by atoms with Crippen molar-refractivity contribution >= 4 is 0 Å². The predicted molar refractivity (Wildman–Crippen MR) is 69.7 cm³/mol. The Labute approximate surface area is 101 Å². The van der Waals surface area contributed by atoms with Gasteiger partial charge in [-0.05, 0) is 41.5 Å². The lowest BCUT2D eigenvalue weighted by Gasteiger charge is -2.65. The summed E-state index contributed by atoms with van der Waals surface area (Å²) < 4.78 is 0. The molecule has 2 fully saturated rings. The molecule has 0 saturated carbocycles. The molecule has 0 aliphatic carbocycles. The highest BCUT2D eigenvalue weighted by Gasteiger charge is 2.65. The normalized spacial score (nSPS) is 41.2. The van der Waals surface area contributed by atoms with Crippen molar-refractivity contribution in [3.63, 3.8) is 0 Å². The molecule has 16 heavy (non-hydrogen) atoms. The molecule has 0 unspecified atom stereocenters. The Balaban J connectivity index is 2.21. The largest absolute Gasteiger partial charge is 0.298 e. The topological polar surface area (TPSA) is 6.48 Å². The Hall–Kier alpha value is -0.0800. The van der Waals surface area contributed by atoms with Crippen molar-refractivity contribution in [1.29, 1.82) is 0 Å². The third-order valence-electron chi connectivity index (χ3n) is 5.01. The van der Waals surface area contributed by atoms with E-state index in [2.05, 4.69) is 58.3 Å². The van der Waals surface area contributed by atoms with Gasteiger partial charge in [0.05, 0.1) is 0 Å². The van der Waals surface area contributed by atoms with Crippen LogP contribution in [0.4, 0.5) is 0 Å². The van der Waals surface area contributed by atoms with Crippen molar-refractivity contribution in [3.8, 4) is 0 Å². The summed E-state index contributed by atoms with van der Waals surface area (Å²) in [6.07, 6.45) is 0. The van der Waals surface area contributed by atoms with Gasteiger partial charge in [0.15, 0.2) is 0 Å². The second-order valence-electron chi connectivity index (χ2n) is 7.59. The molecule has 0 amide bonds. The van der Waals surface area contributed by atoms with E-state index in [1.165, 1.54) is 19.6 Å². The maximum absolute atomic E-state index is 2.70. The summed E-state index contributed by atoms with van der Waals surface area (Å²) in [4.78, 5) is 5.34. The molecule has 0 N–H and O–H groups in total. The van der Waals surface area contributed by atoms with Crippen LogP contribution in [0.3, 0.4) is 0 Å². The molecule has 2 atom stereocenters. The lowest BCUT2D eigenvalue weighted by Crippen LogP contribution is -2.75. The summed E-state index contributed by atoms with van der Waals surface area (Å²) >= 11 is 0. The van der Waals surface area contributed by atoms with Crippen molar-refractivity contribution in [3.05, 3.63) is 0 Å². The lowest BCUT2D eigenvalue weighted by molar-refractivity contribution is -0.151. The molecule has 2 aliphatic rings. The van der Waals surface area contributed by atoms with Gasteiger partial charge in [0, 0.05) is 42.2 Å². The average Bonchev–Trinajstić information content (AvgIpc) is 2.27. The summed E-state index contributed by atoms with van der Waals surface area (Å²) in [6.45, 7) is 20.4. The van der Waals surface area contributed by atoms with E-state index < -0.39 is 0 Å². The van der Waals surface area contributed by atoms with Gasteiger partial charge < -0.3 is 0 Å². The van der Waals surface area contributed by atoms with Gasteiger partial charge in [0.1, 0.15) is 0 Å². The van der Waals surface area contributed by atoms with E-state index >= 15 is 0 Å². The van der Waals surface area contributed by atoms with E-state index in [0.29, 0.717) is 22.5 Å². The first-order valence-electron chi connectivity index (χ1n) is 6.62. The summed E-state index contributed by atoms with van der Waals surface area (Å²) in [6, 6.07) is 0.682. The van der Waals surface area contributed by atoms with Crippen LogP contribution in [-0.2, 0) is 0 Å². The zero-order chi connectivity index (χ0) is 12.4. The second kappa shape index (κ2) is 3.23. The second-order valence-corrected chi connectivity index (χ2v) is 7.59. The molecule has 0 aromatic carbocycles. The highest BCUT2D eigenvalue weighted by atomic mass is 15.4. The van der Waals surface area contributed by atoms with Crippen LogP contribution >= 0.6 is 0 Å².